The highest BCUT2D eigenvalue weighted by molar-refractivity contribution is 5.82. The average Bonchev–Trinajstić information content (AvgIpc) is 2.53. The number of carbonyl (C=O) groups is 1. The fraction of sp³-hybridized carbons (Fsp3) is 0.562. The van der Waals surface area contributed by atoms with E-state index < -0.39 is 6.10 Å². The number of carbonyl (C=O) groups excluding carboxylic acids is 1. The number of benzene rings is 1. The molecule has 1 fully saturated rings. The van der Waals surface area contributed by atoms with Crippen molar-refractivity contribution in [2.75, 3.05) is 13.2 Å². The molecule has 1 amide bonds. The smallest absolute Gasteiger partial charge is 0.267 e. The lowest BCUT2D eigenvalue weighted by Gasteiger charge is -2.38. The van der Waals surface area contributed by atoms with Gasteiger partial charge in [-0.1, -0.05) is 19.1 Å². The summed E-state index contributed by atoms with van der Waals surface area (Å²) in [5, 5.41) is 0. The van der Waals surface area contributed by atoms with Crippen molar-refractivity contribution in [1.82, 2.24) is 4.90 Å². The van der Waals surface area contributed by atoms with Gasteiger partial charge in [0.15, 0.2) is 11.5 Å². The minimum Gasteiger partial charge on any atom is -0.485 e. The van der Waals surface area contributed by atoms with Gasteiger partial charge in [0.1, 0.15) is 6.61 Å². The van der Waals surface area contributed by atoms with E-state index in [0.717, 1.165) is 31.6 Å². The summed E-state index contributed by atoms with van der Waals surface area (Å²) in [5.41, 5.74) is 0. The van der Waals surface area contributed by atoms with Gasteiger partial charge in [-0.3, -0.25) is 4.79 Å². The normalized spacial score (nSPS) is 25.4. The highest BCUT2D eigenvalue weighted by Crippen LogP contribution is 2.32. The summed E-state index contributed by atoms with van der Waals surface area (Å²) < 4.78 is 11.5. The van der Waals surface area contributed by atoms with Gasteiger partial charge >= 0.3 is 0 Å². The number of amides is 1. The molecule has 2 aliphatic heterocycles. The van der Waals surface area contributed by atoms with Gasteiger partial charge in [-0.15, -0.1) is 0 Å². The maximum atomic E-state index is 12.7. The van der Waals surface area contributed by atoms with Crippen LogP contribution in [0.2, 0.25) is 0 Å². The zero-order chi connectivity index (χ0) is 13.9. The van der Waals surface area contributed by atoms with Gasteiger partial charge in [0.25, 0.3) is 5.91 Å². The molecule has 1 aromatic carbocycles. The summed E-state index contributed by atoms with van der Waals surface area (Å²) in [6, 6.07) is 7.87. The van der Waals surface area contributed by atoms with E-state index in [9.17, 15) is 4.79 Å². The minimum atomic E-state index is -0.503. The van der Waals surface area contributed by atoms with Crippen molar-refractivity contribution in [3.05, 3.63) is 24.3 Å². The first-order chi connectivity index (χ1) is 9.79. The number of nitrogens with zero attached hydrogens (tertiary/aromatic N) is 1. The van der Waals surface area contributed by atoms with Crippen LogP contribution in [-0.2, 0) is 4.79 Å². The molecular weight excluding hydrogens is 254 g/mol. The predicted octanol–water partition coefficient (Wildman–Crippen LogP) is 2.62. The van der Waals surface area contributed by atoms with Crippen molar-refractivity contribution in [3.8, 4) is 11.5 Å². The van der Waals surface area contributed by atoms with E-state index in [1.807, 2.05) is 29.2 Å². The summed E-state index contributed by atoms with van der Waals surface area (Å²) in [6.07, 6.45) is 3.92. The Morgan fingerprint density at radius 3 is 2.90 bits per heavy atom. The van der Waals surface area contributed by atoms with Crippen molar-refractivity contribution in [2.45, 2.75) is 44.8 Å². The molecule has 0 saturated carbocycles. The van der Waals surface area contributed by atoms with Crippen molar-refractivity contribution in [3.63, 3.8) is 0 Å². The molecule has 1 aromatic rings. The summed E-state index contributed by atoms with van der Waals surface area (Å²) in [5.74, 6) is 1.47. The Morgan fingerprint density at radius 1 is 1.30 bits per heavy atom. The second-order valence-corrected chi connectivity index (χ2v) is 5.45. The molecule has 0 aromatic heterocycles. The summed E-state index contributed by atoms with van der Waals surface area (Å²) in [4.78, 5) is 14.6. The molecule has 20 heavy (non-hydrogen) atoms. The lowest BCUT2D eigenvalue weighted by Crippen LogP contribution is -2.51. The molecule has 2 unspecified atom stereocenters. The van der Waals surface area contributed by atoms with E-state index in [2.05, 4.69) is 6.92 Å². The van der Waals surface area contributed by atoms with Gasteiger partial charge < -0.3 is 14.4 Å². The molecule has 0 N–H and O–H groups in total. The molecule has 0 bridgehead atoms. The van der Waals surface area contributed by atoms with Crippen LogP contribution in [0.3, 0.4) is 0 Å². The molecule has 2 heterocycles. The van der Waals surface area contributed by atoms with E-state index >= 15 is 0 Å². The largest absolute Gasteiger partial charge is 0.485 e. The Kier molecular flexibility index (Phi) is 3.81. The van der Waals surface area contributed by atoms with Crippen LogP contribution in [0, 0.1) is 0 Å². The van der Waals surface area contributed by atoms with E-state index in [1.165, 1.54) is 6.42 Å². The first-order valence-corrected chi connectivity index (χ1v) is 7.48. The first-order valence-electron chi connectivity index (χ1n) is 7.48. The van der Waals surface area contributed by atoms with Gasteiger partial charge in [-0.25, -0.2) is 0 Å². The fourth-order valence-electron chi connectivity index (χ4n) is 3.04. The Labute approximate surface area is 119 Å². The first kappa shape index (κ1) is 13.3. The van der Waals surface area contributed by atoms with Crippen LogP contribution in [0.4, 0.5) is 0 Å². The van der Waals surface area contributed by atoms with Crippen LogP contribution < -0.4 is 9.47 Å². The number of likely N-dealkylation sites (tertiary alicyclic amines) is 1. The van der Waals surface area contributed by atoms with E-state index in [1.54, 1.807) is 0 Å². The Hall–Kier alpha value is -1.71. The summed E-state index contributed by atoms with van der Waals surface area (Å²) in [6.45, 7) is 3.30. The lowest BCUT2D eigenvalue weighted by atomic mass is 9.99. The molecule has 0 aliphatic carbocycles. The van der Waals surface area contributed by atoms with Crippen LogP contribution in [-0.4, -0.2) is 36.1 Å². The van der Waals surface area contributed by atoms with Gasteiger partial charge in [0.2, 0.25) is 6.10 Å². The van der Waals surface area contributed by atoms with Gasteiger partial charge in [-0.05, 0) is 37.8 Å². The molecular formula is C16H21NO3. The quantitative estimate of drug-likeness (QED) is 0.833. The third-order valence-electron chi connectivity index (χ3n) is 4.17. The van der Waals surface area contributed by atoms with Crippen molar-refractivity contribution in [1.29, 1.82) is 0 Å². The molecule has 0 radical (unpaired) electrons. The number of hydrogen-bond donors (Lipinski definition) is 0. The molecule has 108 valence electrons. The van der Waals surface area contributed by atoms with Crippen LogP contribution in [0.1, 0.15) is 32.6 Å². The zero-order valence-electron chi connectivity index (χ0n) is 11.9. The fourth-order valence-corrected chi connectivity index (χ4v) is 3.04. The summed E-state index contributed by atoms with van der Waals surface area (Å²) in [7, 11) is 0. The van der Waals surface area contributed by atoms with Crippen LogP contribution in [0.25, 0.3) is 0 Å². The van der Waals surface area contributed by atoms with Crippen molar-refractivity contribution in [2.24, 2.45) is 0 Å². The zero-order valence-corrected chi connectivity index (χ0v) is 11.9. The second-order valence-electron chi connectivity index (χ2n) is 5.45. The third kappa shape index (κ3) is 2.47. The number of para-hydroxylation sites is 2. The number of rotatable bonds is 2. The average molecular weight is 275 g/mol. The second kappa shape index (κ2) is 5.73. The predicted molar refractivity (Wildman–Crippen MR) is 76.0 cm³/mol. The highest BCUT2D eigenvalue weighted by atomic mass is 16.6. The maximum Gasteiger partial charge on any atom is 0.267 e. The van der Waals surface area contributed by atoms with E-state index in [4.69, 9.17) is 9.47 Å². The molecule has 4 heteroatoms. The van der Waals surface area contributed by atoms with Crippen molar-refractivity contribution < 1.29 is 14.3 Å². The molecule has 0 spiro atoms. The molecule has 3 rings (SSSR count). The van der Waals surface area contributed by atoms with Crippen LogP contribution >= 0.6 is 0 Å². The molecule has 4 nitrogen and oxygen atoms in total. The Bertz CT molecular complexity index is 488. The van der Waals surface area contributed by atoms with E-state index in [-0.39, 0.29) is 5.91 Å². The maximum absolute atomic E-state index is 12.7. The summed E-state index contributed by atoms with van der Waals surface area (Å²) >= 11 is 0. The third-order valence-corrected chi connectivity index (χ3v) is 4.17. The van der Waals surface area contributed by atoms with Gasteiger partial charge in [-0.2, -0.15) is 0 Å². The molecule has 2 aliphatic rings. The van der Waals surface area contributed by atoms with Crippen molar-refractivity contribution >= 4 is 5.91 Å². The standard InChI is InChI=1S/C16H21NO3/c1-2-12-7-5-6-10-17(12)16(18)15-11-19-13-8-3-4-9-14(13)20-15/h3-4,8-9,12,15H,2,5-7,10-11H2,1H3. The van der Waals surface area contributed by atoms with Gasteiger partial charge in [0, 0.05) is 12.6 Å². The lowest BCUT2D eigenvalue weighted by molar-refractivity contribution is -0.145. The van der Waals surface area contributed by atoms with E-state index in [0.29, 0.717) is 18.4 Å². The monoisotopic (exact) mass is 275 g/mol. The van der Waals surface area contributed by atoms with Crippen LogP contribution in [0.5, 0.6) is 11.5 Å². The number of hydrogen-bond acceptors (Lipinski definition) is 3. The SMILES string of the molecule is CCC1CCCCN1C(=O)C1COc2ccccc2O1. The topological polar surface area (TPSA) is 38.8 Å². The highest BCUT2D eigenvalue weighted by Gasteiger charge is 2.34. The molecule has 2 atom stereocenters. The minimum absolute atomic E-state index is 0.0750. The Balaban J connectivity index is 1.72. The Morgan fingerprint density at radius 2 is 2.10 bits per heavy atom. The number of piperidine rings is 1. The number of fused-ring (bicyclic) bond motifs is 1. The van der Waals surface area contributed by atoms with Crippen LogP contribution in [0.15, 0.2) is 24.3 Å². The van der Waals surface area contributed by atoms with Gasteiger partial charge in [0.05, 0.1) is 0 Å². The molecule has 1 saturated heterocycles. The number of ether oxygens (including phenoxy) is 2.